The van der Waals surface area contributed by atoms with Gasteiger partial charge in [0.25, 0.3) is 11.8 Å². The van der Waals surface area contributed by atoms with Gasteiger partial charge in [-0.3, -0.25) is 19.3 Å². The van der Waals surface area contributed by atoms with Gasteiger partial charge in [0.15, 0.2) is 0 Å². The Labute approximate surface area is 193 Å². The lowest BCUT2D eigenvalue weighted by Gasteiger charge is -2.49. The number of carboxylic acids is 1. The molecule has 1 saturated heterocycles. The van der Waals surface area contributed by atoms with Gasteiger partial charge in [0.1, 0.15) is 34.9 Å². The van der Waals surface area contributed by atoms with Gasteiger partial charge < -0.3 is 20.6 Å². The summed E-state index contributed by atoms with van der Waals surface area (Å²) >= 11 is 13.8. The molecule has 0 saturated carbocycles. The summed E-state index contributed by atoms with van der Waals surface area (Å²) in [6.07, 6.45) is -0.248. The molecule has 3 amide bonds. The minimum absolute atomic E-state index is 0.00737. The summed E-state index contributed by atoms with van der Waals surface area (Å²) in [6.45, 7) is 0. The number of β-lactam (4-membered cyclic amide) rings is 1. The Balaban J connectivity index is 1.59. The predicted molar refractivity (Wildman–Crippen MR) is 114 cm³/mol. The molecule has 3 atom stereocenters. The monoisotopic (exact) mass is 507 g/mol. The summed E-state index contributed by atoms with van der Waals surface area (Å²) in [5.41, 5.74) is 2.19. The van der Waals surface area contributed by atoms with E-state index in [2.05, 4.69) is 20.8 Å². The molecule has 166 valence electrons. The molecule has 0 aromatic carbocycles. The third-order valence-corrected chi connectivity index (χ3v) is 6.69. The van der Waals surface area contributed by atoms with Crippen molar-refractivity contribution in [1.82, 2.24) is 20.5 Å². The van der Waals surface area contributed by atoms with Crippen molar-refractivity contribution in [2.24, 2.45) is 5.16 Å². The molecule has 0 aliphatic carbocycles. The molecule has 11 nitrogen and oxygen atoms in total. The first-order valence-electron chi connectivity index (χ1n) is 8.56. The number of aromatic nitrogens is 1. The van der Waals surface area contributed by atoms with E-state index in [-0.39, 0.29) is 17.5 Å². The van der Waals surface area contributed by atoms with Gasteiger partial charge in [-0.15, -0.1) is 46.3 Å². The Morgan fingerprint density at radius 3 is 2.84 bits per heavy atom. The van der Waals surface area contributed by atoms with E-state index >= 15 is 0 Å². The molecule has 0 spiro atoms. The Morgan fingerprint density at radius 2 is 2.23 bits per heavy atom. The van der Waals surface area contributed by atoms with Crippen molar-refractivity contribution < 1.29 is 29.1 Å². The molecule has 0 bridgehead atoms. The molecule has 2 aliphatic rings. The number of hydrogen-bond acceptors (Lipinski definition) is 9. The number of hydrogen-bond donors (Lipinski definition) is 3. The molecule has 0 radical (unpaired) electrons. The topological polar surface area (TPSA) is 150 Å². The number of halogens is 2. The van der Waals surface area contributed by atoms with Crippen LogP contribution in [0.4, 0.5) is 0 Å². The number of fused-ring (bicyclic) bond motifs is 1. The Bertz CT molecular complexity index is 941. The largest absolute Gasteiger partial charge is 0.477 e. The first kappa shape index (κ1) is 23.3. The van der Waals surface area contributed by atoms with Crippen LogP contribution in [0.2, 0.25) is 0 Å². The fraction of sp³-hybridized carbons (Fsp3) is 0.375. The standard InChI is InChI=1S/C16H15Cl2N5O6S2/c17-1-7-4-31-15-11(14(26)23(15)12(7)16(27)28)21-10(25)3-20-29-13(22-9(24)2-18)8-5-30-6-19-8/h3,5-6,11,13,15H,1-2,4H2,(H,21,25)(H,22,24)(H,27,28)/t11?,13?,15-/m0/s1. The van der Waals surface area contributed by atoms with Gasteiger partial charge in [0, 0.05) is 17.0 Å². The third kappa shape index (κ3) is 5.11. The smallest absolute Gasteiger partial charge is 0.352 e. The van der Waals surface area contributed by atoms with Gasteiger partial charge in [-0.25, -0.2) is 9.78 Å². The summed E-state index contributed by atoms with van der Waals surface area (Å²) in [5.74, 6) is -3.04. The summed E-state index contributed by atoms with van der Waals surface area (Å²) in [4.78, 5) is 57.9. The molecule has 31 heavy (non-hydrogen) atoms. The first-order valence-corrected chi connectivity index (χ1v) is 11.6. The van der Waals surface area contributed by atoms with Gasteiger partial charge in [-0.05, 0) is 5.57 Å². The number of carbonyl (C=O) groups is 4. The van der Waals surface area contributed by atoms with Gasteiger partial charge in [-0.1, -0.05) is 5.16 Å². The van der Waals surface area contributed by atoms with E-state index in [0.29, 0.717) is 17.0 Å². The fourth-order valence-electron chi connectivity index (χ4n) is 2.81. The fourth-order valence-corrected chi connectivity index (χ4v) is 5.13. The van der Waals surface area contributed by atoms with E-state index in [1.807, 2.05) is 0 Å². The molecule has 2 unspecified atom stereocenters. The molecular formula is C16H15Cl2N5O6S2. The van der Waals surface area contributed by atoms with Crippen molar-refractivity contribution in [3.05, 3.63) is 27.9 Å². The SMILES string of the molecule is O=C(C=NOC(NC(=O)CCl)c1cscn1)NC1C(=O)N2C(C(=O)O)=C(CCl)CS[C@@H]12. The average molecular weight is 508 g/mol. The Morgan fingerprint density at radius 1 is 1.45 bits per heavy atom. The normalized spacial score (nSPS) is 21.4. The van der Waals surface area contributed by atoms with Crippen LogP contribution in [0.15, 0.2) is 27.3 Å². The van der Waals surface area contributed by atoms with E-state index in [0.717, 1.165) is 11.1 Å². The highest BCUT2D eigenvalue weighted by Crippen LogP contribution is 2.40. The van der Waals surface area contributed by atoms with Crippen LogP contribution < -0.4 is 10.6 Å². The van der Waals surface area contributed by atoms with E-state index in [1.165, 1.54) is 28.6 Å². The highest BCUT2D eigenvalue weighted by atomic mass is 35.5. The van der Waals surface area contributed by atoms with E-state index in [1.54, 1.807) is 5.38 Å². The van der Waals surface area contributed by atoms with E-state index < -0.39 is 41.3 Å². The van der Waals surface area contributed by atoms with Crippen LogP contribution in [0.25, 0.3) is 0 Å². The molecule has 2 aliphatic heterocycles. The van der Waals surface area contributed by atoms with Gasteiger partial charge in [0.2, 0.25) is 12.1 Å². The number of alkyl halides is 2. The molecule has 3 heterocycles. The lowest BCUT2D eigenvalue weighted by molar-refractivity contribution is -0.150. The number of nitrogens with one attached hydrogen (secondary N) is 2. The second-order valence-electron chi connectivity index (χ2n) is 6.12. The van der Waals surface area contributed by atoms with Crippen molar-refractivity contribution in [3.8, 4) is 0 Å². The highest BCUT2D eigenvalue weighted by Gasteiger charge is 2.54. The van der Waals surface area contributed by atoms with Gasteiger partial charge in [0.05, 0.1) is 5.51 Å². The van der Waals surface area contributed by atoms with Crippen LogP contribution in [-0.2, 0) is 24.0 Å². The summed E-state index contributed by atoms with van der Waals surface area (Å²) in [7, 11) is 0. The number of carbonyl (C=O) groups excluding carboxylic acids is 3. The summed E-state index contributed by atoms with van der Waals surface area (Å²) < 4.78 is 0. The lowest BCUT2D eigenvalue weighted by atomic mass is 10.0. The maximum absolute atomic E-state index is 12.4. The zero-order valence-corrected chi connectivity index (χ0v) is 18.6. The maximum Gasteiger partial charge on any atom is 0.352 e. The number of rotatable bonds is 9. The van der Waals surface area contributed by atoms with Gasteiger partial charge in [-0.2, -0.15) is 0 Å². The van der Waals surface area contributed by atoms with Crippen LogP contribution in [0, 0.1) is 0 Å². The van der Waals surface area contributed by atoms with E-state index in [9.17, 15) is 24.3 Å². The van der Waals surface area contributed by atoms with Crippen molar-refractivity contribution in [3.63, 3.8) is 0 Å². The molecule has 1 aromatic heterocycles. The minimum atomic E-state index is -1.25. The quantitative estimate of drug-likeness (QED) is 0.143. The zero-order chi connectivity index (χ0) is 22.5. The van der Waals surface area contributed by atoms with Crippen LogP contribution in [-0.4, -0.2) is 73.8 Å². The Kier molecular flexibility index (Phi) is 7.75. The molecule has 3 rings (SSSR count). The molecule has 3 N–H and O–H groups in total. The first-order chi connectivity index (χ1) is 14.9. The van der Waals surface area contributed by atoms with Crippen molar-refractivity contribution in [2.45, 2.75) is 17.6 Å². The molecule has 15 heteroatoms. The number of aliphatic carboxylic acids is 1. The van der Waals surface area contributed by atoms with Crippen molar-refractivity contribution >= 4 is 76.2 Å². The average Bonchev–Trinajstić information content (AvgIpc) is 3.30. The lowest BCUT2D eigenvalue weighted by Crippen LogP contribution is -2.70. The second-order valence-corrected chi connectivity index (χ2v) is 8.48. The number of carboxylic acid groups (broad SMARTS) is 1. The number of thioether (sulfide) groups is 1. The maximum atomic E-state index is 12.4. The highest BCUT2D eigenvalue weighted by molar-refractivity contribution is 8.00. The van der Waals surface area contributed by atoms with Crippen LogP contribution >= 0.6 is 46.3 Å². The third-order valence-electron chi connectivity index (χ3n) is 4.18. The summed E-state index contributed by atoms with van der Waals surface area (Å²) in [5, 5.41) is 18.9. The van der Waals surface area contributed by atoms with Crippen LogP contribution in [0.5, 0.6) is 0 Å². The molecular weight excluding hydrogens is 493 g/mol. The Hall–Kier alpha value is -2.35. The summed E-state index contributed by atoms with van der Waals surface area (Å²) in [6, 6.07) is -0.916. The van der Waals surface area contributed by atoms with Crippen molar-refractivity contribution in [2.75, 3.05) is 17.5 Å². The zero-order valence-electron chi connectivity index (χ0n) is 15.5. The second kappa shape index (κ2) is 10.3. The number of nitrogens with zero attached hydrogens (tertiary/aromatic N) is 3. The number of thiazole rings is 1. The number of amides is 3. The van der Waals surface area contributed by atoms with Crippen LogP contribution in [0.1, 0.15) is 11.9 Å². The van der Waals surface area contributed by atoms with Crippen molar-refractivity contribution in [1.29, 1.82) is 0 Å². The van der Waals surface area contributed by atoms with E-state index in [4.69, 9.17) is 28.0 Å². The predicted octanol–water partition coefficient (Wildman–Crippen LogP) is 0.477. The van der Waals surface area contributed by atoms with Gasteiger partial charge >= 0.3 is 5.97 Å². The number of oxime groups is 1. The molecule has 1 fully saturated rings. The minimum Gasteiger partial charge on any atom is -0.477 e. The molecule has 1 aromatic rings. The van der Waals surface area contributed by atoms with Crippen LogP contribution in [0.3, 0.4) is 0 Å².